The molecule has 0 saturated heterocycles. The van der Waals surface area contributed by atoms with E-state index in [2.05, 4.69) is 39.0 Å². The van der Waals surface area contributed by atoms with Crippen LogP contribution in [0.15, 0.2) is 23.8 Å². The molecule has 2 nitrogen and oxygen atoms in total. The summed E-state index contributed by atoms with van der Waals surface area (Å²) in [5.74, 6) is 1.19. The maximum Gasteiger partial charge on any atom is 0.162 e. The van der Waals surface area contributed by atoms with Crippen LogP contribution in [-0.4, -0.2) is 11.9 Å². The molecular weight excluding hydrogens is 224 g/mol. The fourth-order valence-corrected chi connectivity index (χ4v) is 3.23. The number of carbonyl (C=O) groups excluding carboxylic acids is 1. The van der Waals surface area contributed by atoms with Crippen LogP contribution in [0.2, 0.25) is 0 Å². The molecule has 2 unspecified atom stereocenters. The van der Waals surface area contributed by atoms with Gasteiger partial charge in [0.15, 0.2) is 5.78 Å². The third-order valence-corrected chi connectivity index (χ3v) is 4.26. The van der Waals surface area contributed by atoms with Crippen molar-refractivity contribution >= 4 is 5.78 Å². The molecule has 1 heterocycles. The summed E-state index contributed by atoms with van der Waals surface area (Å²) in [5, 5.41) is 0. The van der Waals surface area contributed by atoms with Gasteiger partial charge in [0.25, 0.3) is 0 Å². The molecule has 1 aromatic carbocycles. The van der Waals surface area contributed by atoms with E-state index in [-0.39, 0.29) is 17.3 Å². The van der Waals surface area contributed by atoms with Gasteiger partial charge in [-0.1, -0.05) is 23.8 Å². The minimum Gasteiger partial charge on any atom is -0.488 e. The van der Waals surface area contributed by atoms with Crippen molar-refractivity contribution in [2.75, 3.05) is 0 Å². The van der Waals surface area contributed by atoms with E-state index in [1.807, 2.05) is 6.92 Å². The molecular formula is C16H18O2. The van der Waals surface area contributed by atoms with Crippen molar-refractivity contribution in [3.63, 3.8) is 0 Å². The van der Waals surface area contributed by atoms with Crippen molar-refractivity contribution in [2.24, 2.45) is 0 Å². The molecule has 2 aliphatic rings. The zero-order valence-electron chi connectivity index (χ0n) is 11.3. The molecule has 0 aromatic heterocycles. The van der Waals surface area contributed by atoms with Gasteiger partial charge in [0.2, 0.25) is 0 Å². The van der Waals surface area contributed by atoms with Gasteiger partial charge in [0, 0.05) is 12.0 Å². The predicted molar refractivity (Wildman–Crippen MR) is 71.1 cm³/mol. The van der Waals surface area contributed by atoms with E-state index < -0.39 is 0 Å². The highest BCUT2D eigenvalue weighted by Crippen LogP contribution is 2.49. The van der Waals surface area contributed by atoms with Crippen LogP contribution in [0.3, 0.4) is 0 Å². The number of carbonyl (C=O) groups is 1. The van der Waals surface area contributed by atoms with Crippen LogP contribution >= 0.6 is 0 Å². The van der Waals surface area contributed by atoms with Gasteiger partial charge in [0.1, 0.15) is 11.9 Å². The Morgan fingerprint density at radius 3 is 2.72 bits per heavy atom. The van der Waals surface area contributed by atoms with Gasteiger partial charge in [-0.05, 0) is 38.8 Å². The highest BCUT2D eigenvalue weighted by atomic mass is 16.5. The van der Waals surface area contributed by atoms with E-state index >= 15 is 0 Å². The molecule has 0 radical (unpaired) electrons. The van der Waals surface area contributed by atoms with Crippen molar-refractivity contribution in [1.82, 2.24) is 0 Å². The first kappa shape index (κ1) is 11.5. The van der Waals surface area contributed by atoms with Gasteiger partial charge >= 0.3 is 0 Å². The van der Waals surface area contributed by atoms with Crippen LogP contribution in [0.1, 0.15) is 37.0 Å². The normalized spacial score (nSPS) is 29.4. The Balaban J connectivity index is 2.23. The molecule has 1 aromatic rings. The quantitative estimate of drug-likeness (QED) is 0.698. The minimum atomic E-state index is -0.149. The number of aryl methyl sites for hydroxylation is 2. The van der Waals surface area contributed by atoms with Crippen LogP contribution in [-0.2, 0) is 10.2 Å². The summed E-state index contributed by atoms with van der Waals surface area (Å²) in [4.78, 5) is 11.8. The first-order chi connectivity index (χ1) is 8.41. The number of hydrogen-bond donors (Lipinski definition) is 0. The van der Waals surface area contributed by atoms with E-state index in [0.29, 0.717) is 6.42 Å². The summed E-state index contributed by atoms with van der Waals surface area (Å²) in [6.07, 6.45) is 2.55. The van der Waals surface area contributed by atoms with Crippen LogP contribution in [0.5, 0.6) is 5.75 Å². The molecule has 2 atom stereocenters. The number of rotatable bonds is 0. The molecule has 2 heteroatoms. The predicted octanol–water partition coefficient (Wildman–Crippen LogP) is 3.24. The van der Waals surface area contributed by atoms with Gasteiger partial charge < -0.3 is 4.74 Å². The summed E-state index contributed by atoms with van der Waals surface area (Å²) >= 11 is 0. The van der Waals surface area contributed by atoms with E-state index in [1.165, 1.54) is 16.7 Å². The van der Waals surface area contributed by atoms with Crippen LogP contribution in [0.25, 0.3) is 0 Å². The third-order valence-electron chi connectivity index (χ3n) is 4.26. The summed E-state index contributed by atoms with van der Waals surface area (Å²) in [7, 11) is 0. The van der Waals surface area contributed by atoms with Crippen molar-refractivity contribution in [1.29, 1.82) is 0 Å². The Labute approximate surface area is 108 Å². The van der Waals surface area contributed by atoms with Crippen molar-refractivity contribution in [2.45, 2.75) is 45.6 Å². The molecule has 0 N–H and O–H groups in total. The summed E-state index contributed by atoms with van der Waals surface area (Å²) < 4.78 is 6.05. The Morgan fingerprint density at radius 1 is 1.28 bits per heavy atom. The maximum absolute atomic E-state index is 11.8. The fraction of sp³-hybridized carbons (Fsp3) is 0.438. The largest absolute Gasteiger partial charge is 0.488 e. The smallest absolute Gasteiger partial charge is 0.162 e. The molecule has 1 aliphatic carbocycles. The highest BCUT2D eigenvalue weighted by Gasteiger charge is 2.48. The average Bonchev–Trinajstić information content (AvgIpc) is 2.54. The van der Waals surface area contributed by atoms with Gasteiger partial charge in [-0.3, -0.25) is 4.79 Å². The number of hydrogen-bond acceptors (Lipinski definition) is 2. The molecule has 3 rings (SSSR count). The SMILES string of the molecule is CC1=CC2(C)c3cc(C)cc(C)c3OC2CC1=O. The van der Waals surface area contributed by atoms with Gasteiger partial charge in [0.05, 0.1) is 5.41 Å². The average molecular weight is 242 g/mol. The molecule has 94 valence electrons. The van der Waals surface area contributed by atoms with Crippen LogP contribution in [0.4, 0.5) is 0 Å². The summed E-state index contributed by atoms with van der Waals surface area (Å²) in [6, 6.07) is 4.33. The van der Waals surface area contributed by atoms with E-state index in [9.17, 15) is 4.79 Å². The molecule has 0 spiro atoms. The van der Waals surface area contributed by atoms with Crippen molar-refractivity contribution < 1.29 is 9.53 Å². The molecule has 0 fully saturated rings. The Morgan fingerprint density at radius 2 is 2.00 bits per heavy atom. The molecule has 0 saturated carbocycles. The van der Waals surface area contributed by atoms with E-state index in [1.54, 1.807) is 0 Å². The number of benzene rings is 1. The van der Waals surface area contributed by atoms with E-state index in [4.69, 9.17) is 4.74 Å². The Bertz CT molecular complexity index is 583. The minimum absolute atomic E-state index is 0.0378. The monoisotopic (exact) mass is 242 g/mol. The number of Topliss-reactive ketones (excluding diaryl/α,β-unsaturated/α-hetero) is 1. The fourth-order valence-electron chi connectivity index (χ4n) is 3.23. The standard InChI is InChI=1S/C16H18O2/c1-9-5-10(2)15-12(6-9)16(4)8-11(3)13(17)7-14(16)18-15/h5-6,8,14H,7H2,1-4H3. The zero-order valence-corrected chi connectivity index (χ0v) is 11.3. The van der Waals surface area contributed by atoms with Crippen LogP contribution in [0, 0.1) is 13.8 Å². The number of ether oxygens (including phenoxy) is 1. The molecule has 0 bridgehead atoms. The summed E-state index contributed by atoms with van der Waals surface area (Å²) in [6.45, 7) is 8.27. The lowest BCUT2D eigenvalue weighted by atomic mass is 9.71. The Kier molecular flexibility index (Phi) is 2.22. The molecule has 0 amide bonds. The second-order valence-corrected chi connectivity index (χ2v) is 5.80. The van der Waals surface area contributed by atoms with E-state index in [0.717, 1.165) is 11.3 Å². The number of ketones is 1. The topological polar surface area (TPSA) is 26.3 Å². The van der Waals surface area contributed by atoms with Crippen molar-refractivity contribution in [3.8, 4) is 5.75 Å². The molecule has 18 heavy (non-hydrogen) atoms. The third kappa shape index (κ3) is 1.38. The van der Waals surface area contributed by atoms with Crippen LogP contribution < -0.4 is 4.74 Å². The highest BCUT2D eigenvalue weighted by molar-refractivity contribution is 5.97. The molecule has 1 aliphatic heterocycles. The summed E-state index contributed by atoms with van der Waals surface area (Å²) in [5.41, 5.74) is 4.37. The maximum atomic E-state index is 11.8. The first-order valence-electron chi connectivity index (χ1n) is 6.43. The lowest BCUT2D eigenvalue weighted by Gasteiger charge is -2.31. The van der Waals surface area contributed by atoms with Gasteiger partial charge in [-0.2, -0.15) is 0 Å². The van der Waals surface area contributed by atoms with Gasteiger partial charge in [-0.15, -0.1) is 0 Å². The lowest BCUT2D eigenvalue weighted by Crippen LogP contribution is -2.39. The second kappa shape index (κ2) is 3.47. The van der Waals surface area contributed by atoms with Gasteiger partial charge in [-0.25, -0.2) is 0 Å². The Hall–Kier alpha value is -1.57. The zero-order chi connectivity index (χ0) is 13.1. The number of allylic oxidation sites excluding steroid dienone is 1. The second-order valence-electron chi connectivity index (χ2n) is 5.80. The first-order valence-corrected chi connectivity index (χ1v) is 6.43. The lowest BCUT2D eigenvalue weighted by molar-refractivity contribution is -0.118. The number of fused-ring (bicyclic) bond motifs is 3. The van der Waals surface area contributed by atoms with Crippen molar-refractivity contribution in [3.05, 3.63) is 40.5 Å².